The first-order valence-corrected chi connectivity index (χ1v) is 4.57. The number of aryl methyl sites for hydroxylation is 1. The summed E-state index contributed by atoms with van der Waals surface area (Å²) in [5.41, 5.74) is -1.59. The first-order valence-electron chi connectivity index (χ1n) is 4.57. The molecule has 0 aliphatic heterocycles. The molecule has 1 amide bonds. The minimum Gasteiger partial charge on any atom is -0.318 e. The van der Waals surface area contributed by atoms with Gasteiger partial charge in [-0.3, -0.25) is 4.79 Å². The zero-order valence-electron chi connectivity index (χ0n) is 8.91. The van der Waals surface area contributed by atoms with Crippen molar-refractivity contribution in [3.8, 4) is 0 Å². The molecule has 0 unspecified atom stereocenters. The van der Waals surface area contributed by atoms with Gasteiger partial charge in [0.05, 0.1) is 5.56 Å². The number of alkyl halides is 6. The molecule has 0 spiro atoms. The molecule has 0 bridgehead atoms. The summed E-state index contributed by atoms with van der Waals surface area (Å²) in [5.74, 6) is -2.32. The Labute approximate surface area is 127 Å². The molecule has 0 fully saturated rings. The van der Waals surface area contributed by atoms with Gasteiger partial charge in [-0.25, -0.2) is 0 Å². The highest BCUT2D eigenvalue weighted by Gasteiger charge is 2.39. The molecule has 0 radical (unpaired) electrons. The summed E-state index contributed by atoms with van der Waals surface area (Å²) < 4.78 is 73.0. The average molecular weight is 335 g/mol. The van der Waals surface area contributed by atoms with Gasteiger partial charge in [-0.1, -0.05) is 29.7 Å². The van der Waals surface area contributed by atoms with Gasteiger partial charge in [0, 0.05) is 5.69 Å². The van der Waals surface area contributed by atoms with Crippen molar-refractivity contribution in [2.75, 3.05) is 5.32 Å². The van der Waals surface area contributed by atoms with Gasteiger partial charge in [-0.15, -0.1) is 0 Å². The molecule has 0 atom stereocenters. The predicted octanol–water partition coefficient (Wildman–Crippen LogP) is 6.06. The summed E-state index contributed by atoms with van der Waals surface area (Å²) in [4.78, 5) is 10.6. The number of hydrogen-bond acceptors (Lipinski definition) is 1. The fourth-order valence-corrected chi connectivity index (χ4v) is 1.22. The van der Waals surface area contributed by atoms with Crippen LogP contribution >= 0.6 is 0 Å². The van der Waals surface area contributed by atoms with Crippen LogP contribution in [-0.4, -0.2) is 12.1 Å². The topological polar surface area (TPSA) is 29.1 Å². The zero-order valence-corrected chi connectivity index (χ0v) is 8.91. The molecule has 8 heteroatoms. The van der Waals surface area contributed by atoms with Crippen LogP contribution in [0.2, 0.25) is 0 Å². The fraction of sp³-hybridized carbons (Fsp3) is 0.500. The summed E-state index contributed by atoms with van der Waals surface area (Å²) in [5, 5.41) is 1.37. The van der Waals surface area contributed by atoms with Gasteiger partial charge in [0.1, 0.15) is 0 Å². The summed E-state index contributed by atoms with van der Waals surface area (Å²) in [7, 11) is 0. The maximum Gasteiger partial charge on any atom is 0.471 e. The Morgan fingerprint density at radius 3 is 1.73 bits per heavy atom. The number of carbonyl (C=O) groups is 1. The van der Waals surface area contributed by atoms with Gasteiger partial charge in [0.15, 0.2) is 0 Å². The van der Waals surface area contributed by atoms with E-state index in [1.165, 1.54) is 12.2 Å². The van der Waals surface area contributed by atoms with E-state index in [0.29, 0.717) is 6.07 Å². The van der Waals surface area contributed by atoms with Crippen molar-refractivity contribution in [1.29, 1.82) is 0 Å². The maximum atomic E-state index is 12.4. The molecule has 0 aliphatic rings. The summed E-state index contributed by atoms with van der Waals surface area (Å²) >= 11 is 0. The number of rotatable bonds is 1. The molecular formula is C14H23F6NO. The molecule has 0 heterocycles. The minimum atomic E-state index is -5.15. The van der Waals surface area contributed by atoms with Crippen LogP contribution in [0.15, 0.2) is 18.2 Å². The minimum absolute atomic E-state index is 0. The standard InChI is InChI=1S/C10H7F6NO.4CH4/c1-5-2-6(9(11,12)13)4-7(3-5)17-8(18)10(14,15)16;;;;/h2-4H,1H3,(H,17,18);4*1H4. The number of amides is 1. The zero-order chi connectivity index (χ0) is 14.1. The van der Waals surface area contributed by atoms with Gasteiger partial charge >= 0.3 is 18.3 Å². The number of carbonyl (C=O) groups excluding carboxylic acids is 1. The van der Waals surface area contributed by atoms with E-state index in [0.717, 1.165) is 12.1 Å². The Kier molecular flexibility index (Phi) is 12.0. The first kappa shape index (κ1) is 28.4. The smallest absolute Gasteiger partial charge is 0.318 e. The Morgan fingerprint density at radius 1 is 0.909 bits per heavy atom. The monoisotopic (exact) mass is 335 g/mol. The highest BCUT2D eigenvalue weighted by atomic mass is 19.4. The van der Waals surface area contributed by atoms with E-state index in [2.05, 4.69) is 0 Å². The van der Waals surface area contributed by atoms with E-state index < -0.39 is 29.5 Å². The lowest BCUT2D eigenvalue weighted by Gasteiger charge is -2.12. The molecule has 22 heavy (non-hydrogen) atoms. The molecule has 1 rings (SSSR count). The Balaban J connectivity index is -0.000000405. The number of benzene rings is 1. The Hall–Kier alpha value is -1.73. The van der Waals surface area contributed by atoms with Gasteiger partial charge in [-0.2, -0.15) is 26.3 Å². The van der Waals surface area contributed by atoms with Crippen molar-refractivity contribution >= 4 is 11.6 Å². The van der Waals surface area contributed by atoms with E-state index >= 15 is 0 Å². The molecule has 0 saturated carbocycles. The summed E-state index contributed by atoms with van der Waals surface area (Å²) in [6.07, 6.45) is -9.84. The number of hydrogen-bond donors (Lipinski definition) is 1. The second kappa shape index (κ2) is 9.32. The van der Waals surface area contributed by atoms with Crippen LogP contribution in [0.1, 0.15) is 40.8 Å². The molecular weight excluding hydrogens is 312 g/mol. The third kappa shape index (κ3) is 7.90. The van der Waals surface area contributed by atoms with Crippen LogP contribution in [0.5, 0.6) is 0 Å². The summed E-state index contributed by atoms with van der Waals surface area (Å²) in [6.45, 7) is 1.28. The van der Waals surface area contributed by atoms with E-state index in [9.17, 15) is 31.1 Å². The normalized spacial score (nSPS) is 10.1. The van der Waals surface area contributed by atoms with Crippen molar-refractivity contribution in [2.24, 2.45) is 0 Å². The van der Waals surface area contributed by atoms with Crippen LogP contribution in [0.4, 0.5) is 32.0 Å². The van der Waals surface area contributed by atoms with Crippen LogP contribution in [0.3, 0.4) is 0 Å². The van der Waals surface area contributed by atoms with Gasteiger partial charge in [0.2, 0.25) is 0 Å². The lowest BCUT2D eigenvalue weighted by molar-refractivity contribution is -0.167. The summed E-state index contributed by atoms with van der Waals surface area (Å²) in [6, 6.07) is 2.22. The van der Waals surface area contributed by atoms with Crippen molar-refractivity contribution in [3.63, 3.8) is 0 Å². The highest BCUT2D eigenvalue weighted by Crippen LogP contribution is 2.32. The number of nitrogens with one attached hydrogen (secondary N) is 1. The molecule has 0 aliphatic carbocycles. The van der Waals surface area contributed by atoms with Crippen LogP contribution in [0.25, 0.3) is 0 Å². The van der Waals surface area contributed by atoms with Crippen molar-refractivity contribution < 1.29 is 31.1 Å². The first-order chi connectivity index (χ1) is 8.00. The molecule has 1 aromatic carbocycles. The third-order valence-corrected chi connectivity index (χ3v) is 1.92. The largest absolute Gasteiger partial charge is 0.471 e. The lowest BCUT2D eigenvalue weighted by atomic mass is 10.1. The number of halogens is 6. The molecule has 132 valence electrons. The second-order valence-corrected chi connectivity index (χ2v) is 3.54. The van der Waals surface area contributed by atoms with E-state index in [4.69, 9.17) is 0 Å². The third-order valence-electron chi connectivity index (χ3n) is 1.92. The van der Waals surface area contributed by atoms with Crippen LogP contribution < -0.4 is 5.32 Å². The molecule has 0 aromatic heterocycles. The fourth-order valence-electron chi connectivity index (χ4n) is 1.22. The van der Waals surface area contributed by atoms with Gasteiger partial charge in [0.25, 0.3) is 0 Å². The van der Waals surface area contributed by atoms with Crippen LogP contribution in [0, 0.1) is 6.92 Å². The van der Waals surface area contributed by atoms with E-state index in [1.54, 1.807) is 0 Å². The van der Waals surface area contributed by atoms with E-state index in [1.807, 2.05) is 0 Å². The molecule has 1 aromatic rings. The van der Waals surface area contributed by atoms with Gasteiger partial charge < -0.3 is 5.32 Å². The highest BCUT2D eigenvalue weighted by molar-refractivity contribution is 5.95. The molecule has 2 nitrogen and oxygen atoms in total. The van der Waals surface area contributed by atoms with Crippen molar-refractivity contribution in [3.05, 3.63) is 29.3 Å². The van der Waals surface area contributed by atoms with Crippen molar-refractivity contribution in [2.45, 2.75) is 49.0 Å². The van der Waals surface area contributed by atoms with E-state index in [-0.39, 0.29) is 35.3 Å². The van der Waals surface area contributed by atoms with Crippen LogP contribution in [-0.2, 0) is 11.0 Å². The molecule has 1 N–H and O–H groups in total. The Morgan fingerprint density at radius 2 is 1.36 bits per heavy atom. The van der Waals surface area contributed by atoms with Gasteiger partial charge in [-0.05, 0) is 30.7 Å². The molecule has 0 saturated heterocycles. The predicted molar refractivity (Wildman–Crippen MR) is 77.8 cm³/mol. The SMILES string of the molecule is C.C.C.C.Cc1cc(NC(=O)C(F)(F)F)cc(C(F)(F)F)c1. The Bertz CT molecular complexity index is 465. The average Bonchev–Trinajstić information content (AvgIpc) is 2.13. The second-order valence-electron chi connectivity index (χ2n) is 3.54. The quantitative estimate of drug-likeness (QED) is 0.621. The maximum absolute atomic E-state index is 12.4. The number of anilines is 1. The lowest BCUT2D eigenvalue weighted by Crippen LogP contribution is -2.30. The van der Waals surface area contributed by atoms with Crippen molar-refractivity contribution in [1.82, 2.24) is 0 Å².